The van der Waals surface area contributed by atoms with Crippen molar-refractivity contribution in [3.05, 3.63) is 9.47 Å². The van der Waals surface area contributed by atoms with Gasteiger partial charge in [-0.1, -0.05) is 11.3 Å². The molecular formula is C3H4ClN3O2S2. The topological polar surface area (TPSA) is 85.9 Å². The summed E-state index contributed by atoms with van der Waals surface area (Å²) in [4.78, 5) is 0. The van der Waals surface area contributed by atoms with Crippen molar-refractivity contribution in [2.24, 2.45) is 5.14 Å². The Hall–Kier alpha value is -0.240. The lowest BCUT2D eigenvalue weighted by molar-refractivity contribution is 0.596. The van der Waals surface area contributed by atoms with Crippen molar-refractivity contribution in [3.8, 4) is 0 Å². The standard InChI is InChI=1S/C3H4ClN3O2S2/c4-3-7-6-2(10-3)1-11(5,8)9/h1H2,(H2,5,8,9). The van der Waals surface area contributed by atoms with E-state index >= 15 is 0 Å². The number of rotatable bonds is 2. The Balaban J connectivity index is 2.81. The van der Waals surface area contributed by atoms with Crippen LogP contribution < -0.4 is 5.14 Å². The lowest BCUT2D eigenvalue weighted by atomic mass is 10.9. The quantitative estimate of drug-likeness (QED) is 0.748. The summed E-state index contributed by atoms with van der Waals surface area (Å²) in [6, 6.07) is 0. The van der Waals surface area contributed by atoms with E-state index in [0.29, 0.717) is 5.01 Å². The first-order valence-electron chi connectivity index (χ1n) is 2.46. The fourth-order valence-electron chi connectivity index (χ4n) is 0.464. The Morgan fingerprint density at radius 2 is 2.18 bits per heavy atom. The van der Waals surface area contributed by atoms with Gasteiger partial charge < -0.3 is 0 Å². The summed E-state index contributed by atoms with van der Waals surface area (Å²) in [5.41, 5.74) is 0. The monoisotopic (exact) mass is 213 g/mol. The van der Waals surface area contributed by atoms with Crippen LogP contribution in [0.1, 0.15) is 5.01 Å². The van der Waals surface area contributed by atoms with Crippen LogP contribution in [0.5, 0.6) is 0 Å². The van der Waals surface area contributed by atoms with Gasteiger partial charge in [-0.15, -0.1) is 10.2 Å². The number of aromatic nitrogens is 2. The molecule has 1 rings (SSSR count). The van der Waals surface area contributed by atoms with E-state index in [9.17, 15) is 8.42 Å². The van der Waals surface area contributed by atoms with Gasteiger partial charge in [0.2, 0.25) is 14.5 Å². The van der Waals surface area contributed by atoms with Crippen LogP contribution in [0.15, 0.2) is 0 Å². The molecule has 2 N–H and O–H groups in total. The number of hydrogen-bond donors (Lipinski definition) is 1. The Morgan fingerprint density at radius 1 is 1.55 bits per heavy atom. The van der Waals surface area contributed by atoms with E-state index in [-0.39, 0.29) is 10.2 Å². The molecule has 62 valence electrons. The van der Waals surface area contributed by atoms with Crippen LogP contribution in [0.2, 0.25) is 4.47 Å². The summed E-state index contributed by atoms with van der Waals surface area (Å²) < 4.78 is 21.2. The number of sulfonamides is 1. The van der Waals surface area contributed by atoms with Crippen molar-refractivity contribution in [1.29, 1.82) is 0 Å². The highest BCUT2D eigenvalue weighted by atomic mass is 35.5. The van der Waals surface area contributed by atoms with Gasteiger partial charge in [0.15, 0.2) is 0 Å². The van der Waals surface area contributed by atoms with Crippen LogP contribution in [0.4, 0.5) is 0 Å². The maximum Gasteiger partial charge on any atom is 0.215 e. The van der Waals surface area contributed by atoms with E-state index in [1.54, 1.807) is 0 Å². The second-order valence-corrected chi connectivity index (χ2v) is 5.01. The third kappa shape index (κ3) is 3.10. The van der Waals surface area contributed by atoms with Gasteiger partial charge in [-0.05, 0) is 11.6 Å². The summed E-state index contributed by atoms with van der Waals surface area (Å²) in [6.07, 6.45) is 0. The Bertz CT molecular complexity index is 345. The average Bonchev–Trinajstić information content (AvgIpc) is 2.10. The van der Waals surface area contributed by atoms with E-state index < -0.39 is 10.0 Å². The van der Waals surface area contributed by atoms with E-state index in [0.717, 1.165) is 11.3 Å². The molecule has 0 saturated carbocycles. The normalized spacial score (nSPS) is 11.8. The zero-order valence-electron chi connectivity index (χ0n) is 5.19. The lowest BCUT2D eigenvalue weighted by Gasteiger charge is -1.88. The van der Waals surface area contributed by atoms with E-state index in [1.807, 2.05) is 0 Å². The van der Waals surface area contributed by atoms with Crippen LogP contribution in [-0.4, -0.2) is 18.6 Å². The van der Waals surface area contributed by atoms with E-state index in [4.69, 9.17) is 16.7 Å². The van der Waals surface area contributed by atoms with Gasteiger partial charge in [0.05, 0.1) is 0 Å². The number of nitrogens with zero attached hydrogens (tertiary/aromatic N) is 2. The van der Waals surface area contributed by atoms with Gasteiger partial charge in [-0.2, -0.15) is 0 Å². The minimum absolute atomic E-state index is 0.212. The minimum Gasteiger partial charge on any atom is -0.228 e. The number of halogens is 1. The number of hydrogen-bond acceptors (Lipinski definition) is 5. The molecule has 8 heteroatoms. The summed E-state index contributed by atoms with van der Waals surface area (Å²) in [5, 5.41) is 11.9. The van der Waals surface area contributed by atoms with E-state index in [1.165, 1.54) is 0 Å². The first-order valence-corrected chi connectivity index (χ1v) is 5.37. The second kappa shape index (κ2) is 3.02. The molecule has 0 bridgehead atoms. The lowest BCUT2D eigenvalue weighted by Crippen LogP contribution is -2.14. The van der Waals surface area contributed by atoms with Crippen molar-refractivity contribution in [2.75, 3.05) is 0 Å². The van der Waals surface area contributed by atoms with Crippen molar-refractivity contribution < 1.29 is 8.42 Å². The number of primary sulfonamides is 1. The molecule has 0 aliphatic carbocycles. The molecule has 0 unspecified atom stereocenters. The van der Waals surface area contributed by atoms with Crippen molar-refractivity contribution in [3.63, 3.8) is 0 Å². The molecule has 0 aliphatic rings. The Labute approximate surface area is 72.2 Å². The largest absolute Gasteiger partial charge is 0.228 e. The third-order valence-corrected chi connectivity index (χ3v) is 2.64. The fourth-order valence-corrected chi connectivity index (χ4v) is 2.26. The molecule has 0 saturated heterocycles. The van der Waals surface area contributed by atoms with Crippen LogP contribution >= 0.6 is 22.9 Å². The highest BCUT2D eigenvalue weighted by Gasteiger charge is 2.09. The number of nitrogens with two attached hydrogens (primary N) is 1. The van der Waals surface area contributed by atoms with E-state index in [2.05, 4.69) is 10.2 Å². The zero-order chi connectivity index (χ0) is 8.48. The molecule has 0 amide bonds. The minimum atomic E-state index is -3.51. The molecule has 1 aromatic rings. The van der Waals surface area contributed by atoms with Gasteiger partial charge in [0, 0.05) is 0 Å². The molecule has 0 fully saturated rings. The molecule has 11 heavy (non-hydrogen) atoms. The third-order valence-electron chi connectivity index (χ3n) is 0.767. The molecule has 1 aromatic heterocycles. The summed E-state index contributed by atoms with van der Waals surface area (Å²) in [6.45, 7) is 0. The van der Waals surface area contributed by atoms with Gasteiger partial charge >= 0.3 is 0 Å². The van der Waals surface area contributed by atoms with Crippen molar-refractivity contribution in [2.45, 2.75) is 5.75 Å². The predicted octanol–water partition coefficient (Wildman–Crippen LogP) is -0.0200. The highest BCUT2D eigenvalue weighted by molar-refractivity contribution is 7.88. The van der Waals surface area contributed by atoms with Crippen molar-refractivity contribution in [1.82, 2.24) is 10.2 Å². The van der Waals surface area contributed by atoms with Crippen LogP contribution in [-0.2, 0) is 15.8 Å². The predicted molar refractivity (Wildman–Crippen MR) is 41.7 cm³/mol. The molecule has 0 aromatic carbocycles. The van der Waals surface area contributed by atoms with Gasteiger partial charge in [0.25, 0.3) is 0 Å². The van der Waals surface area contributed by atoms with Crippen LogP contribution in [0, 0.1) is 0 Å². The maximum atomic E-state index is 10.5. The molecule has 5 nitrogen and oxygen atoms in total. The van der Waals surface area contributed by atoms with Crippen LogP contribution in [0.3, 0.4) is 0 Å². The molecule has 1 heterocycles. The van der Waals surface area contributed by atoms with Gasteiger partial charge in [-0.25, -0.2) is 13.6 Å². The zero-order valence-corrected chi connectivity index (χ0v) is 7.58. The molecule has 0 radical (unpaired) electrons. The van der Waals surface area contributed by atoms with Crippen LogP contribution in [0.25, 0.3) is 0 Å². The Morgan fingerprint density at radius 3 is 2.55 bits per heavy atom. The van der Waals surface area contributed by atoms with Gasteiger partial charge in [-0.3, -0.25) is 0 Å². The SMILES string of the molecule is NS(=O)(=O)Cc1nnc(Cl)s1. The first kappa shape index (κ1) is 8.85. The summed E-state index contributed by atoms with van der Waals surface area (Å²) >= 11 is 6.40. The molecule has 0 aliphatic heterocycles. The second-order valence-electron chi connectivity index (χ2n) is 1.76. The first-order chi connectivity index (χ1) is 4.97. The Kier molecular flexibility index (Phi) is 2.43. The van der Waals surface area contributed by atoms with Gasteiger partial charge in [0.1, 0.15) is 10.8 Å². The average molecular weight is 214 g/mol. The fraction of sp³-hybridized carbons (Fsp3) is 0.333. The molecule has 0 atom stereocenters. The smallest absolute Gasteiger partial charge is 0.215 e. The summed E-state index contributed by atoms with van der Waals surface area (Å²) in [5.74, 6) is -0.308. The highest BCUT2D eigenvalue weighted by Crippen LogP contribution is 2.15. The molecular weight excluding hydrogens is 210 g/mol. The van der Waals surface area contributed by atoms with Crippen molar-refractivity contribution >= 4 is 33.0 Å². The maximum absolute atomic E-state index is 10.5. The molecule has 0 spiro atoms. The summed E-state index contributed by atoms with van der Waals surface area (Å²) in [7, 11) is -3.51.